The molecule has 6 heteroatoms. The van der Waals surface area contributed by atoms with E-state index in [9.17, 15) is 14.7 Å². The van der Waals surface area contributed by atoms with E-state index < -0.39 is 11.4 Å². The van der Waals surface area contributed by atoms with E-state index in [0.717, 1.165) is 19.6 Å². The largest absolute Gasteiger partial charge is 0.481 e. The Hall–Kier alpha value is -2.08. The predicted molar refractivity (Wildman–Crippen MR) is 104 cm³/mol. The summed E-state index contributed by atoms with van der Waals surface area (Å²) in [4.78, 5) is 28.2. The third-order valence-electron chi connectivity index (χ3n) is 6.13. The molecule has 1 aromatic rings. The summed E-state index contributed by atoms with van der Waals surface area (Å²) in [6.07, 6.45) is 0.510. The van der Waals surface area contributed by atoms with Gasteiger partial charge in [0, 0.05) is 38.8 Å². The first-order chi connectivity index (χ1) is 12.8. The summed E-state index contributed by atoms with van der Waals surface area (Å²) in [6, 6.07) is 10.4. The van der Waals surface area contributed by atoms with Gasteiger partial charge in [0.1, 0.15) is 0 Å². The van der Waals surface area contributed by atoms with Crippen LogP contribution in [0, 0.1) is 17.3 Å². The van der Waals surface area contributed by atoms with Crippen LogP contribution in [0.4, 0.5) is 4.79 Å². The highest BCUT2D eigenvalue weighted by Gasteiger charge is 2.43. The average molecular weight is 373 g/mol. The van der Waals surface area contributed by atoms with Crippen molar-refractivity contribution in [2.45, 2.75) is 39.8 Å². The maximum absolute atomic E-state index is 12.7. The summed E-state index contributed by atoms with van der Waals surface area (Å²) >= 11 is 0. The molecule has 2 fully saturated rings. The van der Waals surface area contributed by atoms with Crippen LogP contribution in [0.5, 0.6) is 0 Å². The number of amides is 2. The van der Waals surface area contributed by atoms with Crippen molar-refractivity contribution in [2.24, 2.45) is 17.3 Å². The zero-order chi connectivity index (χ0) is 19.6. The average Bonchev–Trinajstić information content (AvgIpc) is 3.03. The van der Waals surface area contributed by atoms with E-state index in [0.29, 0.717) is 24.8 Å². The Morgan fingerprint density at radius 1 is 1.19 bits per heavy atom. The van der Waals surface area contributed by atoms with Gasteiger partial charge in [-0.1, -0.05) is 44.2 Å². The van der Waals surface area contributed by atoms with Crippen molar-refractivity contribution >= 4 is 12.0 Å². The Kier molecular flexibility index (Phi) is 5.75. The Labute approximate surface area is 161 Å². The number of piperidine rings is 1. The van der Waals surface area contributed by atoms with E-state index in [4.69, 9.17) is 0 Å². The number of rotatable bonds is 4. The number of benzene rings is 1. The molecule has 0 radical (unpaired) electrons. The van der Waals surface area contributed by atoms with Crippen LogP contribution in [0.15, 0.2) is 30.3 Å². The van der Waals surface area contributed by atoms with Gasteiger partial charge in [0.25, 0.3) is 0 Å². The van der Waals surface area contributed by atoms with Crippen molar-refractivity contribution in [1.82, 2.24) is 15.1 Å². The standard InChI is InChI=1S/C21H31N3O3/c1-15-11-23(13-17-7-5-4-6-8-17)12-16(2)18(15)22-20(27)24-10-9-21(3,14-24)19(25)26/h4-8,15-16,18H,9-14H2,1-3H3,(H,22,27)(H,25,26). The second-order valence-corrected chi connectivity index (χ2v) is 8.65. The smallest absolute Gasteiger partial charge is 0.317 e. The minimum absolute atomic E-state index is 0.112. The Bertz CT molecular complexity index is 669. The highest BCUT2D eigenvalue weighted by Crippen LogP contribution is 2.30. The fourth-order valence-corrected chi connectivity index (χ4v) is 4.48. The molecule has 0 spiro atoms. The number of aliphatic carboxylic acids is 1. The molecule has 148 valence electrons. The molecular formula is C21H31N3O3. The summed E-state index contributed by atoms with van der Waals surface area (Å²) in [5.41, 5.74) is 0.484. The molecule has 2 aliphatic rings. The lowest BCUT2D eigenvalue weighted by Crippen LogP contribution is -2.56. The van der Waals surface area contributed by atoms with Gasteiger partial charge < -0.3 is 15.3 Å². The summed E-state index contributed by atoms with van der Waals surface area (Å²) in [5.74, 6) is -0.140. The molecule has 2 saturated heterocycles. The molecule has 27 heavy (non-hydrogen) atoms. The van der Waals surface area contributed by atoms with E-state index in [2.05, 4.69) is 48.3 Å². The quantitative estimate of drug-likeness (QED) is 0.851. The molecule has 0 saturated carbocycles. The van der Waals surface area contributed by atoms with Crippen LogP contribution in [-0.2, 0) is 11.3 Å². The van der Waals surface area contributed by atoms with Gasteiger partial charge in [0.15, 0.2) is 0 Å². The summed E-state index contributed by atoms with van der Waals surface area (Å²) in [5, 5.41) is 12.6. The van der Waals surface area contributed by atoms with E-state index in [1.807, 2.05) is 6.07 Å². The number of carbonyl (C=O) groups is 2. The number of hydrogen-bond acceptors (Lipinski definition) is 3. The maximum atomic E-state index is 12.7. The molecule has 3 rings (SSSR count). The highest BCUT2D eigenvalue weighted by atomic mass is 16.4. The topological polar surface area (TPSA) is 72.9 Å². The minimum atomic E-state index is -0.826. The van der Waals surface area contributed by atoms with Crippen LogP contribution in [-0.4, -0.2) is 59.1 Å². The van der Waals surface area contributed by atoms with Crippen LogP contribution in [0.3, 0.4) is 0 Å². The lowest BCUT2D eigenvalue weighted by atomic mass is 9.85. The predicted octanol–water partition coefficient (Wildman–Crippen LogP) is 2.65. The number of nitrogens with zero attached hydrogens (tertiary/aromatic N) is 2. The zero-order valence-electron chi connectivity index (χ0n) is 16.5. The second-order valence-electron chi connectivity index (χ2n) is 8.65. The lowest BCUT2D eigenvalue weighted by molar-refractivity contribution is -0.147. The van der Waals surface area contributed by atoms with Gasteiger partial charge in [0.2, 0.25) is 0 Å². The molecule has 2 heterocycles. The molecule has 2 N–H and O–H groups in total. The number of carbonyl (C=O) groups excluding carboxylic acids is 1. The van der Waals surface area contributed by atoms with Gasteiger partial charge in [-0.2, -0.15) is 0 Å². The Morgan fingerprint density at radius 3 is 2.37 bits per heavy atom. The normalized spacial score (nSPS) is 31.7. The number of urea groups is 1. The SMILES string of the molecule is CC1CN(Cc2ccccc2)CC(C)C1NC(=O)N1CCC(C)(C(=O)O)C1. The van der Waals surface area contributed by atoms with E-state index >= 15 is 0 Å². The van der Waals surface area contributed by atoms with E-state index in [1.165, 1.54) is 5.56 Å². The monoisotopic (exact) mass is 373 g/mol. The van der Waals surface area contributed by atoms with Gasteiger partial charge in [-0.15, -0.1) is 0 Å². The van der Waals surface area contributed by atoms with Crippen molar-refractivity contribution in [3.63, 3.8) is 0 Å². The molecule has 3 unspecified atom stereocenters. The Balaban J connectivity index is 1.55. The first-order valence-electron chi connectivity index (χ1n) is 9.83. The van der Waals surface area contributed by atoms with Crippen LogP contribution in [0.1, 0.15) is 32.8 Å². The van der Waals surface area contributed by atoms with E-state index in [1.54, 1.807) is 11.8 Å². The molecule has 0 bridgehead atoms. The van der Waals surface area contributed by atoms with Crippen molar-refractivity contribution in [3.8, 4) is 0 Å². The third kappa shape index (κ3) is 4.43. The molecule has 0 aliphatic carbocycles. The van der Waals surface area contributed by atoms with Gasteiger partial charge >= 0.3 is 12.0 Å². The van der Waals surface area contributed by atoms with Gasteiger partial charge in [-0.3, -0.25) is 9.69 Å². The van der Waals surface area contributed by atoms with Crippen LogP contribution < -0.4 is 5.32 Å². The minimum Gasteiger partial charge on any atom is -0.481 e. The first kappa shape index (κ1) is 19.7. The van der Waals surface area contributed by atoms with Crippen LogP contribution in [0.25, 0.3) is 0 Å². The van der Waals surface area contributed by atoms with Crippen molar-refractivity contribution in [1.29, 1.82) is 0 Å². The molecule has 2 aliphatic heterocycles. The maximum Gasteiger partial charge on any atom is 0.317 e. The summed E-state index contributed by atoms with van der Waals surface area (Å²) < 4.78 is 0. The second kappa shape index (κ2) is 7.89. The van der Waals surface area contributed by atoms with Gasteiger partial charge in [0.05, 0.1) is 5.41 Å². The number of nitrogens with one attached hydrogen (secondary N) is 1. The van der Waals surface area contributed by atoms with Crippen molar-refractivity contribution < 1.29 is 14.7 Å². The number of carboxylic acids is 1. The number of hydrogen-bond donors (Lipinski definition) is 2. The summed E-state index contributed by atoms with van der Waals surface area (Å²) in [6.45, 7) is 9.69. The molecular weight excluding hydrogens is 342 g/mol. The molecule has 6 nitrogen and oxygen atoms in total. The third-order valence-corrected chi connectivity index (χ3v) is 6.13. The molecule has 1 aromatic carbocycles. The zero-order valence-corrected chi connectivity index (χ0v) is 16.5. The first-order valence-corrected chi connectivity index (χ1v) is 9.83. The van der Waals surface area contributed by atoms with Crippen LogP contribution >= 0.6 is 0 Å². The van der Waals surface area contributed by atoms with Crippen molar-refractivity contribution in [2.75, 3.05) is 26.2 Å². The molecule has 0 aromatic heterocycles. The Morgan fingerprint density at radius 2 is 1.81 bits per heavy atom. The lowest BCUT2D eigenvalue weighted by Gasteiger charge is -2.42. The summed E-state index contributed by atoms with van der Waals surface area (Å²) in [7, 11) is 0. The molecule has 2 amide bonds. The van der Waals surface area contributed by atoms with Gasteiger partial charge in [-0.25, -0.2) is 4.79 Å². The number of likely N-dealkylation sites (tertiary alicyclic amines) is 2. The van der Waals surface area contributed by atoms with Gasteiger partial charge in [-0.05, 0) is 30.7 Å². The molecule has 3 atom stereocenters. The fourth-order valence-electron chi connectivity index (χ4n) is 4.48. The highest BCUT2D eigenvalue weighted by molar-refractivity contribution is 5.79. The van der Waals surface area contributed by atoms with Crippen molar-refractivity contribution in [3.05, 3.63) is 35.9 Å². The number of carboxylic acid groups (broad SMARTS) is 1. The van der Waals surface area contributed by atoms with Crippen LogP contribution in [0.2, 0.25) is 0 Å². The van der Waals surface area contributed by atoms with E-state index in [-0.39, 0.29) is 18.6 Å². The fraction of sp³-hybridized carbons (Fsp3) is 0.619.